The van der Waals surface area contributed by atoms with Gasteiger partial charge in [-0.3, -0.25) is 9.59 Å². The molecule has 0 spiro atoms. The summed E-state index contributed by atoms with van der Waals surface area (Å²) in [6.45, 7) is 4.98. The van der Waals surface area contributed by atoms with Crippen molar-refractivity contribution in [2.45, 2.75) is 392 Å². The van der Waals surface area contributed by atoms with Crippen molar-refractivity contribution in [1.82, 2.24) is 5.32 Å². The molecule has 0 fully saturated rings. The fraction of sp³-hybridized carbons (Fsp3) is 0.940. The van der Waals surface area contributed by atoms with Crippen LogP contribution < -0.4 is 5.32 Å². The molecule has 0 aromatic carbocycles. The molecule has 0 aliphatic heterocycles. The molecule has 0 aromatic heterocycles. The van der Waals surface area contributed by atoms with Crippen molar-refractivity contribution < 1.29 is 24.5 Å². The van der Waals surface area contributed by atoms with Gasteiger partial charge >= 0.3 is 5.97 Å². The summed E-state index contributed by atoms with van der Waals surface area (Å²) in [6.07, 6.45) is 76.8. The lowest BCUT2D eigenvalue weighted by Crippen LogP contribution is -2.45. The van der Waals surface area contributed by atoms with Crippen LogP contribution in [-0.4, -0.2) is 47.4 Å². The molecule has 0 aliphatic rings. The van der Waals surface area contributed by atoms with Gasteiger partial charge in [0.15, 0.2) is 0 Å². The molecule has 0 radical (unpaired) electrons. The first-order chi connectivity index (χ1) is 36.0. The Labute approximate surface area is 457 Å². The number of esters is 1. The van der Waals surface area contributed by atoms with E-state index in [-0.39, 0.29) is 18.5 Å². The van der Waals surface area contributed by atoms with Crippen molar-refractivity contribution in [1.29, 1.82) is 0 Å². The first kappa shape index (κ1) is 71.6. The van der Waals surface area contributed by atoms with E-state index in [0.29, 0.717) is 25.9 Å². The van der Waals surface area contributed by atoms with E-state index in [1.165, 1.54) is 308 Å². The fourth-order valence-electron chi connectivity index (χ4n) is 10.7. The highest BCUT2D eigenvalue weighted by Gasteiger charge is 2.20. The van der Waals surface area contributed by atoms with Gasteiger partial charge < -0.3 is 20.3 Å². The Kier molecular flexibility index (Phi) is 61.9. The van der Waals surface area contributed by atoms with Crippen molar-refractivity contribution >= 4 is 11.9 Å². The van der Waals surface area contributed by atoms with E-state index in [0.717, 1.165) is 38.5 Å². The first-order valence-electron chi connectivity index (χ1n) is 33.4. The van der Waals surface area contributed by atoms with Crippen LogP contribution in [0.2, 0.25) is 0 Å². The third-order valence-corrected chi connectivity index (χ3v) is 15.8. The lowest BCUT2D eigenvalue weighted by atomic mass is 10.0. The van der Waals surface area contributed by atoms with Crippen LogP contribution in [0, 0.1) is 0 Å². The number of aliphatic hydroxyl groups excluding tert-OH is 2. The second kappa shape index (κ2) is 63.1. The predicted molar refractivity (Wildman–Crippen MR) is 320 cm³/mol. The number of aliphatic hydroxyl groups is 2. The van der Waals surface area contributed by atoms with Crippen LogP contribution in [0.3, 0.4) is 0 Å². The molecular weight excluding hydrogens is 899 g/mol. The first-order valence-corrected chi connectivity index (χ1v) is 33.4. The van der Waals surface area contributed by atoms with Gasteiger partial charge in [0.2, 0.25) is 5.91 Å². The van der Waals surface area contributed by atoms with Gasteiger partial charge in [0, 0.05) is 12.8 Å². The zero-order valence-electron chi connectivity index (χ0n) is 49.6. The summed E-state index contributed by atoms with van der Waals surface area (Å²) < 4.78 is 5.49. The number of carbonyl (C=O) groups excluding carboxylic acids is 2. The second-order valence-corrected chi connectivity index (χ2v) is 23.2. The number of nitrogens with one attached hydrogen (secondary N) is 1. The molecule has 0 aliphatic carbocycles. The van der Waals surface area contributed by atoms with Gasteiger partial charge in [-0.2, -0.15) is 0 Å². The van der Waals surface area contributed by atoms with Crippen molar-refractivity contribution in [2.75, 3.05) is 13.2 Å². The Bertz CT molecular complexity index is 1100. The monoisotopic (exact) mass is 1030 g/mol. The number of carbonyl (C=O) groups is 2. The third-order valence-electron chi connectivity index (χ3n) is 15.8. The molecule has 2 unspecified atom stereocenters. The highest BCUT2D eigenvalue weighted by Crippen LogP contribution is 2.18. The number of hydrogen-bond donors (Lipinski definition) is 3. The molecule has 0 saturated heterocycles. The third kappa shape index (κ3) is 59.7. The minimum Gasteiger partial charge on any atom is -0.466 e. The molecule has 434 valence electrons. The van der Waals surface area contributed by atoms with Crippen LogP contribution in [0.15, 0.2) is 12.2 Å². The van der Waals surface area contributed by atoms with Crippen LogP contribution >= 0.6 is 0 Å². The summed E-state index contributed by atoms with van der Waals surface area (Å²) >= 11 is 0. The molecule has 0 rings (SSSR count). The highest BCUT2D eigenvalue weighted by molar-refractivity contribution is 5.76. The molecule has 0 heterocycles. The van der Waals surface area contributed by atoms with Crippen molar-refractivity contribution in [3.8, 4) is 0 Å². The summed E-state index contributed by atoms with van der Waals surface area (Å²) in [5.74, 6) is -0.0120. The second-order valence-electron chi connectivity index (χ2n) is 23.2. The smallest absolute Gasteiger partial charge is 0.305 e. The average Bonchev–Trinajstić information content (AvgIpc) is 3.39. The zero-order valence-corrected chi connectivity index (χ0v) is 49.6. The summed E-state index contributed by atoms with van der Waals surface area (Å²) in [5.41, 5.74) is 0. The number of hydrogen-bond acceptors (Lipinski definition) is 5. The lowest BCUT2D eigenvalue weighted by Gasteiger charge is -2.22. The summed E-state index contributed by atoms with van der Waals surface area (Å²) in [4.78, 5) is 24.5. The Balaban J connectivity index is 3.34. The molecule has 2 atom stereocenters. The quantitative estimate of drug-likeness (QED) is 0.0320. The van der Waals surface area contributed by atoms with Crippen LogP contribution in [0.5, 0.6) is 0 Å². The molecular formula is C67H131NO5. The van der Waals surface area contributed by atoms with Gasteiger partial charge in [-0.15, -0.1) is 0 Å². The summed E-state index contributed by atoms with van der Waals surface area (Å²) in [6, 6.07) is -0.539. The van der Waals surface area contributed by atoms with Gasteiger partial charge in [0.05, 0.1) is 25.4 Å². The van der Waals surface area contributed by atoms with Crippen LogP contribution in [0.4, 0.5) is 0 Å². The van der Waals surface area contributed by atoms with Crippen molar-refractivity contribution in [2.24, 2.45) is 0 Å². The largest absolute Gasteiger partial charge is 0.466 e. The molecule has 6 nitrogen and oxygen atoms in total. The molecule has 6 heteroatoms. The van der Waals surface area contributed by atoms with Crippen LogP contribution in [0.1, 0.15) is 380 Å². The Morgan fingerprint density at radius 1 is 0.370 bits per heavy atom. The minimum atomic E-state index is -0.661. The van der Waals surface area contributed by atoms with E-state index in [9.17, 15) is 19.8 Å². The molecule has 0 saturated carbocycles. The number of unbranched alkanes of at least 4 members (excludes halogenated alkanes) is 50. The summed E-state index contributed by atoms with van der Waals surface area (Å²) in [5, 5.41) is 23.3. The maximum atomic E-state index is 12.5. The van der Waals surface area contributed by atoms with Gasteiger partial charge in [0.25, 0.3) is 0 Å². The molecule has 0 bridgehead atoms. The SMILES string of the molecule is CCCCCCCCCCCCCCCC(=O)OCCCCCCCCCCCCCC/C=C\CCCCCCCCCCCCCCCCC(=O)NC(CO)C(O)CCCCCCCCCCCCCCC. The molecule has 73 heavy (non-hydrogen) atoms. The van der Waals surface area contributed by atoms with E-state index in [4.69, 9.17) is 4.74 Å². The van der Waals surface area contributed by atoms with Gasteiger partial charge in [-0.05, 0) is 51.4 Å². The number of rotatable bonds is 63. The predicted octanol–water partition coefficient (Wildman–Crippen LogP) is 21.2. The topological polar surface area (TPSA) is 95.9 Å². The van der Waals surface area contributed by atoms with Crippen molar-refractivity contribution in [3.63, 3.8) is 0 Å². The Morgan fingerprint density at radius 3 is 0.973 bits per heavy atom. The summed E-state index contributed by atoms with van der Waals surface area (Å²) in [7, 11) is 0. The minimum absolute atomic E-state index is 0.0193. The van der Waals surface area contributed by atoms with Gasteiger partial charge in [0.1, 0.15) is 0 Å². The fourth-order valence-corrected chi connectivity index (χ4v) is 10.7. The Hall–Kier alpha value is -1.40. The number of amides is 1. The van der Waals surface area contributed by atoms with Crippen LogP contribution in [0.25, 0.3) is 0 Å². The molecule has 3 N–H and O–H groups in total. The zero-order chi connectivity index (χ0) is 52.9. The van der Waals surface area contributed by atoms with Gasteiger partial charge in [-0.1, -0.05) is 328 Å². The number of ether oxygens (including phenoxy) is 1. The van der Waals surface area contributed by atoms with Gasteiger partial charge in [-0.25, -0.2) is 0 Å². The van der Waals surface area contributed by atoms with E-state index in [2.05, 4.69) is 31.3 Å². The number of allylic oxidation sites excluding steroid dienone is 2. The Morgan fingerprint density at radius 2 is 0.644 bits per heavy atom. The molecule has 1 amide bonds. The average molecular weight is 1030 g/mol. The lowest BCUT2D eigenvalue weighted by molar-refractivity contribution is -0.143. The maximum Gasteiger partial charge on any atom is 0.305 e. The normalized spacial score (nSPS) is 12.5. The van der Waals surface area contributed by atoms with E-state index in [1.807, 2.05) is 0 Å². The maximum absolute atomic E-state index is 12.5. The van der Waals surface area contributed by atoms with E-state index in [1.54, 1.807) is 0 Å². The standard InChI is InChI=1S/C67H131NO5/c1-3-5-7-9-11-13-15-35-39-43-47-51-55-59-65(70)64(63-69)68-66(71)60-56-52-48-44-40-37-33-31-29-27-25-23-21-19-17-18-20-22-24-26-28-30-32-34-38-42-46-50-54-58-62-73-67(72)61-57-53-49-45-41-36-16-14-12-10-8-6-4-2/h18,20,64-65,69-70H,3-17,19,21-63H2,1-2H3,(H,68,71)/b20-18-. The highest BCUT2D eigenvalue weighted by atomic mass is 16.5. The van der Waals surface area contributed by atoms with Crippen LogP contribution in [-0.2, 0) is 14.3 Å². The van der Waals surface area contributed by atoms with E-state index >= 15 is 0 Å². The molecule has 0 aromatic rings. The van der Waals surface area contributed by atoms with Crippen molar-refractivity contribution in [3.05, 3.63) is 12.2 Å². The van der Waals surface area contributed by atoms with E-state index < -0.39 is 12.1 Å².